The van der Waals surface area contributed by atoms with Crippen molar-refractivity contribution in [1.29, 1.82) is 0 Å². The number of amides is 1. The maximum atomic E-state index is 12.5. The van der Waals surface area contributed by atoms with Crippen molar-refractivity contribution in [2.24, 2.45) is 5.92 Å². The van der Waals surface area contributed by atoms with Gasteiger partial charge in [-0.25, -0.2) is 0 Å². The summed E-state index contributed by atoms with van der Waals surface area (Å²) in [6.07, 6.45) is 5.74. The predicted molar refractivity (Wildman–Crippen MR) is 81.4 cm³/mol. The number of ether oxygens (including phenoxy) is 1. The van der Waals surface area contributed by atoms with E-state index in [1.165, 1.54) is 16.9 Å². The molecule has 0 bridgehead atoms. The van der Waals surface area contributed by atoms with Gasteiger partial charge in [0, 0.05) is 16.9 Å². The van der Waals surface area contributed by atoms with Crippen LogP contribution in [0.5, 0.6) is 0 Å². The maximum Gasteiger partial charge on any atom is 0.252 e. The molecule has 1 aromatic heterocycles. The predicted octanol–water partition coefficient (Wildman–Crippen LogP) is 3.17. The standard InChI is InChI=1S/C16H23NO2S/c1-10-5-6-12-13(9-20-15(12)8-10)16(18)17-11(2)14-4-3-7-19-14/h9-11,14H,3-8H2,1-2H3,(H,17,18)/t10-,11-,14-/m0/s1. The monoisotopic (exact) mass is 293 g/mol. The quantitative estimate of drug-likeness (QED) is 0.929. The highest BCUT2D eigenvalue weighted by molar-refractivity contribution is 7.10. The number of thiophene rings is 1. The van der Waals surface area contributed by atoms with Crippen molar-refractivity contribution in [3.8, 4) is 0 Å². The van der Waals surface area contributed by atoms with E-state index >= 15 is 0 Å². The van der Waals surface area contributed by atoms with Gasteiger partial charge in [0.25, 0.3) is 5.91 Å². The number of carbonyl (C=O) groups excluding carboxylic acids is 1. The van der Waals surface area contributed by atoms with Gasteiger partial charge >= 0.3 is 0 Å². The zero-order chi connectivity index (χ0) is 14.1. The van der Waals surface area contributed by atoms with Crippen molar-refractivity contribution in [3.05, 3.63) is 21.4 Å². The summed E-state index contributed by atoms with van der Waals surface area (Å²) in [6, 6.07) is 0.100. The van der Waals surface area contributed by atoms with E-state index < -0.39 is 0 Å². The Kier molecular flexibility index (Phi) is 4.13. The van der Waals surface area contributed by atoms with Crippen LogP contribution >= 0.6 is 11.3 Å². The third kappa shape index (κ3) is 2.77. The van der Waals surface area contributed by atoms with Gasteiger partial charge in [0.2, 0.25) is 0 Å². The second-order valence-corrected chi connectivity index (χ2v) is 7.18. The molecule has 0 radical (unpaired) electrons. The maximum absolute atomic E-state index is 12.5. The van der Waals surface area contributed by atoms with Crippen molar-refractivity contribution in [1.82, 2.24) is 5.32 Å². The number of hydrogen-bond donors (Lipinski definition) is 1. The van der Waals surface area contributed by atoms with Crippen LogP contribution in [0, 0.1) is 5.92 Å². The van der Waals surface area contributed by atoms with Gasteiger partial charge in [0.1, 0.15) is 0 Å². The average Bonchev–Trinajstić information content (AvgIpc) is 3.07. The fraction of sp³-hybridized carbons (Fsp3) is 0.688. The molecule has 0 saturated carbocycles. The van der Waals surface area contributed by atoms with Gasteiger partial charge in [-0.2, -0.15) is 0 Å². The minimum absolute atomic E-state index is 0.0834. The summed E-state index contributed by atoms with van der Waals surface area (Å²) in [4.78, 5) is 13.9. The van der Waals surface area contributed by atoms with Crippen LogP contribution in [0.15, 0.2) is 5.38 Å². The van der Waals surface area contributed by atoms with Gasteiger partial charge in [0.15, 0.2) is 0 Å². The lowest BCUT2D eigenvalue weighted by atomic mass is 9.88. The van der Waals surface area contributed by atoms with Gasteiger partial charge in [-0.05, 0) is 50.5 Å². The Morgan fingerprint density at radius 3 is 3.10 bits per heavy atom. The minimum atomic E-state index is 0.0834. The lowest BCUT2D eigenvalue weighted by molar-refractivity contribution is 0.0712. The normalized spacial score (nSPS) is 27.1. The first kappa shape index (κ1) is 14.1. The highest BCUT2D eigenvalue weighted by Crippen LogP contribution is 2.32. The summed E-state index contributed by atoms with van der Waals surface area (Å²) in [7, 11) is 0. The summed E-state index contributed by atoms with van der Waals surface area (Å²) < 4.78 is 5.65. The molecule has 1 aliphatic heterocycles. The molecule has 1 amide bonds. The number of hydrogen-bond acceptors (Lipinski definition) is 3. The van der Waals surface area contributed by atoms with Crippen LogP contribution in [0.2, 0.25) is 0 Å². The fourth-order valence-electron chi connectivity index (χ4n) is 3.24. The van der Waals surface area contributed by atoms with Gasteiger partial charge < -0.3 is 10.1 Å². The van der Waals surface area contributed by atoms with Gasteiger partial charge in [-0.1, -0.05) is 6.92 Å². The molecule has 1 N–H and O–H groups in total. The summed E-state index contributed by atoms with van der Waals surface area (Å²) in [5, 5.41) is 5.17. The van der Waals surface area contributed by atoms with E-state index in [2.05, 4.69) is 19.2 Å². The van der Waals surface area contributed by atoms with Crippen molar-refractivity contribution in [2.75, 3.05) is 6.61 Å². The molecule has 1 aliphatic carbocycles. The van der Waals surface area contributed by atoms with Crippen LogP contribution in [0.3, 0.4) is 0 Å². The van der Waals surface area contributed by atoms with Crippen LogP contribution in [-0.4, -0.2) is 24.7 Å². The van der Waals surface area contributed by atoms with E-state index in [9.17, 15) is 4.79 Å². The van der Waals surface area contributed by atoms with Crippen LogP contribution in [0.25, 0.3) is 0 Å². The fourth-order valence-corrected chi connectivity index (χ4v) is 4.49. The Labute approximate surface area is 124 Å². The molecule has 110 valence electrons. The topological polar surface area (TPSA) is 38.3 Å². The second kappa shape index (κ2) is 5.86. The Morgan fingerprint density at radius 2 is 2.35 bits per heavy atom. The summed E-state index contributed by atoms with van der Waals surface area (Å²) in [5.41, 5.74) is 2.20. The van der Waals surface area contributed by atoms with Crippen molar-refractivity contribution in [2.45, 2.75) is 58.1 Å². The third-order valence-electron chi connectivity index (χ3n) is 4.53. The SMILES string of the molecule is C[C@H]1CCc2c(C(=O)N[C@@H](C)[C@@H]3CCCO3)csc2C1. The number of nitrogens with one attached hydrogen (secondary N) is 1. The molecule has 1 fully saturated rings. The van der Waals surface area contributed by atoms with Crippen molar-refractivity contribution >= 4 is 17.2 Å². The molecule has 3 rings (SSSR count). The van der Waals surface area contributed by atoms with Crippen LogP contribution < -0.4 is 5.32 Å². The zero-order valence-corrected chi connectivity index (χ0v) is 13.1. The third-order valence-corrected chi connectivity index (χ3v) is 5.58. The largest absolute Gasteiger partial charge is 0.376 e. The number of carbonyl (C=O) groups is 1. The molecule has 0 aromatic carbocycles. The van der Waals surface area contributed by atoms with E-state index in [0.717, 1.165) is 43.8 Å². The molecule has 1 aromatic rings. The molecule has 1 saturated heterocycles. The number of fused-ring (bicyclic) bond motifs is 1. The van der Waals surface area contributed by atoms with E-state index in [1.54, 1.807) is 11.3 Å². The van der Waals surface area contributed by atoms with Crippen LogP contribution in [0.4, 0.5) is 0 Å². The first-order valence-electron chi connectivity index (χ1n) is 7.67. The molecular weight excluding hydrogens is 270 g/mol. The molecule has 2 heterocycles. The first-order valence-corrected chi connectivity index (χ1v) is 8.55. The van der Waals surface area contributed by atoms with Crippen molar-refractivity contribution < 1.29 is 9.53 Å². The highest BCUT2D eigenvalue weighted by Gasteiger charge is 2.27. The Bertz CT molecular complexity index is 491. The molecular formula is C16H23NO2S. The zero-order valence-electron chi connectivity index (χ0n) is 12.3. The second-order valence-electron chi connectivity index (χ2n) is 6.21. The van der Waals surface area contributed by atoms with E-state index in [1.807, 2.05) is 5.38 Å². The molecule has 4 heteroatoms. The van der Waals surface area contributed by atoms with Crippen LogP contribution in [0.1, 0.15) is 53.9 Å². The Balaban J connectivity index is 1.68. The first-order chi connectivity index (χ1) is 9.65. The van der Waals surface area contributed by atoms with E-state index in [4.69, 9.17) is 4.74 Å². The minimum Gasteiger partial charge on any atom is -0.376 e. The summed E-state index contributed by atoms with van der Waals surface area (Å²) in [5.74, 6) is 0.836. The Morgan fingerprint density at radius 1 is 1.50 bits per heavy atom. The summed E-state index contributed by atoms with van der Waals surface area (Å²) >= 11 is 1.75. The molecule has 3 atom stereocenters. The molecule has 0 unspecified atom stereocenters. The average molecular weight is 293 g/mol. The molecule has 2 aliphatic rings. The molecule has 0 spiro atoms. The van der Waals surface area contributed by atoms with Gasteiger partial charge in [-0.15, -0.1) is 11.3 Å². The van der Waals surface area contributed by atoms with Gasteiger partial charge in [-0.3, -0.25) is 4.79 Å². The van der Waals surface area contributed by atoms with Gasteiger partial charge in [0.05, 0.1) is 17.7 Å². The lowest BCUT2D eigenvalue weighted by Crippen LogP contribution is -2.41. The highest BCUT2D eigenvalue weighted by atomic mass is 32.1. The lowest BCUT2D eigenvalue weighted by Gasteiger charge is -2.22. The number of rotatable bonds is 3. The van der Waals surface area contributed by atoms with E-state index in [-0.39, 0.29) is 18.1 Å². The molecule has 20 heavy (non-hydrogen) atoms. The summed E-state index contributed by atoms with van der Waals surface area (Å²) in [6.45, 7) is 5.17. The van der Waals surface area contributed by atoms with Crippen LogP contribution in [-0.2, 0) is 17.6 Å². The Hall–Kier alpha value is -0.870. The smallest absolute Gasteiger partial charge is 0.252 e. The van der Waals surface area contributed by atoms with E-state index in [0.29, 0.717) is 0 Å². The van der Waals surface area contributed by atoms with Crippen molar-refractivity contribution in [3.63, 3.8) is 0 Å². The molecule has 3 nitrogen and oxygen atoms in total.